The minimum atomic E-state index is -4.64. The fraction of sp³-hybridized carbons (Fsp3) is 0.388. The zero-order valence-corrected chi connectivity index (χ0v) is 68.2. The number of benzene rings is 6. The number of aliphatic carboxylic acids is 1. The van der Waals surface area contributed by atoms with Crippen LogP contribution in [0.5, 0.6) is 46.0 Å². The number of aromatic nitrogens is 2. The Morgan fingerprint density at radius 2 is 1.39 bits per heavy atom. The zero-order chi connectivity index (χ0) is 90.0. The first-order chi connectivity index (χ1) is 58.6. The van der Waals surface area contributed by atoms with Crippen molar-refractivity contribution in [3.63, 3.8) is 0 Å². The number of primary amides is 1. The molecule has 14 rings (SSSR count). The molecule has 44 heteroatoms. The number of rotatable bonds is 20. The van der Waals surface area contributed by atoms with Crippen LogP contribution in [0.4, 0.5) is 19.0 Å². The Bertz CT molecular complexity index is 5370. The van der Waals surface area contributed by atoms with Gasteiger partial charge in [0.15, 0.2) is 29.9 Å². The van der Waals surface area contributed by atoms with Gasteiger partial charge in [0.2, 0.25) is 53.4 Å². The molecule has 7 aliphatic rings. The summed E-state index contributed by atoms with van der Waals surface area (Å²) in [6.45, 7) is 5.26. The van der Waals surface area contributed by atoms with E-state index in [4.69, 9.17) is 57.4 Å². The van der Waals surface area contributed by atoms with Crippen LogP contribution in [0.1, 0.15) is 115 Å². The third-order valence-corrected chi connectivity index (χ3v) is 22.4. The number of nitrogens with two attached hydrogens (primary N) is 1. The number of ether oxygens (including phenoxy) is 6. The summed E-state index contributed by atoms with van der Waals surface area (Å²) in [5.74, 6) is -17.9. The first kappa shape index (κ1) is 91.7. The lowest BCUT2D eigenvalue weighted by atomic mass is 9.85. The summed E-state index contributed by atoms with van der Waals surface area (Å²) in [6.07, 6.45) is -18.7. The number of thioether (sulfide) groups is 1. The maximum atomic E-state index is 16.2. The fourth-order valence-electron chi connectivity index (χ4n) is 14.8. The third-order valence-electron chi connectivity index (χ3n) is 21.1. The molecule has 0 saturated carbocycles. The van der Waals surface area contributed by atoms with E-state index in [1.807, 2.05) is 0 Å². The van der Waals surface area contributed by atoms with Crippen LogP contribution in [0.25, 0.3) is 11.1 Å². The molecule has 2 saturated heterocycles. The monoisotopic (exact) mass is 1790 g/mol. The summed E-state index contributed by atoms with van der Waals surface area (Å²) in [7, 11) is 1.45. The molecule has 7 aliphatic heterocycles. The Hall–Kier alpha value is -11.5. The van der Waals surface area contributed by atoms with Crippen molar-refractivity contribution >= 4 is 94.0 Å². The van der Waals surface area contributed by atoms with Gasteiger partial charge in [-0.05, 0) is 146 Å². The first-order valence-electron chi connectivity index (χ1n) is 38.3. The molecule has 2 fully saturated rings. The number of amides is 8. The maximum absolute atomic E-state index is 16.2. The number of aliphatic hydroxyl groups is 6. The fourth-order valence-corrected chi connectivity index (χ4v) is 15.8. The maximum Gasteiger partial charge on any atom is 0.446 e. The Balaban J connectivity index is 0.985. The van der Waals surface area contributed by atoms with E-state index in [1.165, 1.54) is 44.4 Å². The van der Waals surface area contributed by atoms with Crippen LogP contribution in [0.3, 0.4) is 0 Å². The van der Waals surface area contributed by atoms with Crippen LogP contribution in [0.15, 0.2) is 125 Å². The average molecular weight is 1790 g/mol. The highest BCUT2D eigenvalue weighted by Gasteiger charge is 2.52. The highest BCUT2D eigenvalue weighted by molar-refractivity contribution is 8.00. The van der Waals surface area contributed by atoms with Crippen molar-refractivity contribution in [1.29, 1.82) is 0 Å². The van der Waals surface area contributed by atoms with Gasteiger partial charge in [-0.1, -0.05) is 61.3 Å². The summed E-state index contributed by atoms with van der Waals surface area (Å²) in [6, 6.07) is 4.46. The number of hydrogen-bond donors (Lipinski definition) is 20. The Morgan fingerprint density at radius 3 is 2.01 bits per heavy atom. The topological polar surface area (TPSA) is 580 Å². The van der Waals surface area contributed by atoms with Crippen molar-refractivity contribution in [2.75, 3.05) is 25.5 Å². The number of carbonyl (C=O) groups excluding carboxylic acids is 8. The van der Waals surface area contributed by atoms with Gasteiger partial charge in [-0.3, -0.25) is 42.9 Å². The molecule has 0 aliphatic carbocycles. The Labute approximate surface area is 715 Å². The number of aliphatic hydroxyl groups excluding tert-OH is 6. The van der Waals surface area contributed by atoms with Crippen LogP contribution in [0.2, 0.25) is 10.0 Å². The van der Waals surface area contributed by atoms with Crippen molar-refractivity contribution in [2.45, 2.75) is 173 Å². The normalized spacial score (nSPS) is 26.2. The second-order valence-corrected chi connectivity index (χ2v) is 32.3. The van der Waals surface area contributed by atoms with Crippen LogP contribution in [0, 0.1) is 5.92 Å². The van der Waals surface area contributed by atoms with E-state index in [9.17, 15) is 97.8 Å². The van der Waals surface area contributed by atoms with E-state index >= 15 is 14.4 Å². The molecular formula is C80H85Cl2F3N12O26S. The van der Waals surface area contributed by atoms with Gasteiger partial charge in [-0.25, -0.2) is 9.59 Å². The van der Waals surface area contributed by atoms with Gasteiger partial charge < -0.3 is 133 Å². The SMILES string of the molecule is CN[C@@H](CC(C)C)C(=O)N[C@H]1C(=O)N[C@@H](CC(N)=O)C(=O)NC2C(=O)N[C@@H]3C(=O)N[C@@H](C(=O)N[C@@H](C(=O)O)c4cc(O)cc(O)c4-c4cc3ccc4O)[C@H](O)c3ccc(c(Cl)c3)Oc3cc2cc(c3OC2O[C@@H](CO)[C@@H](O)[C@@H](O)[C@H]2O[C@H]2CC(C)(NCCn3ccc(NC(=O)c4cccc(SC(F)(F)F)c4)nc3=O)[C@@H](O)C(C)O2)Oc2ccc(cc2Cl)[C@H]1O. The summed E-state index contributed by atoms with van der Waals surface area (Å²) in [4.78, 5) is 148. The van der Waals surface area contributed by atoms with E-state index in [2.05, 4.69) is 52.8 Å². The predicted octanol–water partition coefficient (Wildman–Crippen LogP) is 2.86. The average Bonchev–Trinajstić information content (AvgIpc) is 0.764. The van der Waals surface area contributed by atoms with Crippen LogP contribution < -0.4 is 73.5 Å². The second kappa shape index (κ2) is 37.9. The number of carboxylic acid groups (broad SMARTS) is 1. The summed E-state index contributed by atoms with van der Waals surface area (Å²) in [5.41, 5.74) is -4.52. The number of alkyl halides is 3. The lowest BCUT2D eigenvalue weighted by Gasteiger charge is -2.48. The highest BCUT2D eigenvalue weighted by atomic mass is 35.5. The van der Waals surface area contributed by atoms with Gasteiger partial charge in [0.1, 0.15) is 95.3 Å². The molecule has 124 heavy (non-hydrogen) atoms. The number of anilines is 1. The van der Waals surface area contributed by atoms with Crippen molar-refractivity contribution in [2.24, 2.45) is 11.7 Å². The lowest BCUT2D eigenvalue weighted by molar-refractivity contribution is -0.334. The number of nitrogens with zero attached hydrogens (tertiary/aromatic N) is 2. The Morgan fingerprint density at radius 1 is 0.742 bits per heavy atom. The van der Waals surface area contributed by atoms with E-state index in [0.29, 0.717) is 0 Å². The van der Waals surface area contributed by atoms with E-state index in [1.54, 1.807) is 20.8 Å². The zero-order valence-electron chi connectivity index (χ0n) is 65.9. The molecule has 7 aromatic rings. The minimum Gasteiger partial charge on any atom is -0.508 e. The van der Waals surface area contributed by atoms with Gasteiger partial charge >= 0.3 is 17.2 Å². The molecule has 11 bridgehead atoms. The number of fused-ring (bicyclic) bond motifs is 15. The van der Waals surface area contributed by atoms with Crippen LogP contribution in [-0.2, 0) is 59.1 Å². The summed E-state index contributed by atoms with van der Waals surface area (Å²) in [5, 5.41) is 138. The number of nitrogens with one attached hydrogen (secondary N) is 9. The predicted molar refractivity (Wildman–Crippen MR) is 428 cm³/mol. The number of phenols is 3. The standard InChI is InChI=1S/C80H85Cl2F3N12O26S/c1-31(2)19-44(87-5)70(109)95-60-62(103)34-10-13-48(42(81)22-34)119-50-24-37-25-51(66(50)123-77-67(65(106)64(105)52(30-98)121-77)122-55-29-79(4,68(107)32(3)118-55)88-16-18-97-17-15-54(91-78(97)117)90-69(108)36-7-6-8-39(20-36)124-80(83,84)85)120-49-14-11-35(23-43(49)82)63(104)61-75(114)94-59(76(115)116)41-26-38(99)27-47(101)56(41)40-21-33(9-12-46(40)100)57(72(111)96-61)93-73(112)58(37)92-71(110)45(28-53(86)102)89-74(60)113/h6-15,17,20-27,31-32,44-45,52,55,57-65,67-68,77,87-88,98-101,103-107H,16,18-19,28-30H2,1-5H3,(H2,86,102)(H,89,113)(H,92,110)(H,93,112)(H,94,114)(H,95,109)(H,96,111)(H,115,116)(H,90,91,108,117)/t32?,44-,45-,52-,55-,57-,58?,59+,60+,61+,62+,63+,64+,65+,67+,68-,77?,79?/m0/s1. The van der Waals surface area contributed by atoms with Crippen molar-refractivity contribution in [3.05, 3.63) is 169 Å². The third kappa shape index (κ3) is 20.6. The van der Waals surface area contributed by atoms with Gasteiger partial charge in [-0.2, -0.15) is 18.2 Å². The lowest BCUT2D eigenvalue weighted by Crippen LogP contribution is -2.65. The number of hydrogen-bond acceptors (Lipinski definition) is 29. The van der Waals surface area contributed by atoms with Crippen LogP contribution >= 0.6 is 35.0 Å². The summed E-state index contributed by atoms with van der Waals surface area (Å²) < 4.78 is 79.7. The van der Waals surface area contributed by atoms with E-state index in [0.717, 1.165) is 89.5 Å². The number of phenolic OH excluding ortho intramolecular Hbond substituents is 3. The number of carbonyl (C=O) groups is 9. The molecule has 4 unspecified atom stereocenters. The number of halogens is 5. The van der Waals surface area contributed by atoms with Crippen molar-refractivity contribution in [3.8, 4) is 57.1 Å². The molecule has 1 aromatic heterocycles. The van der Waals surface area contributed by atoms with Gasteiger partial charge in [0, 0.05) is 64.5 Å². The quantitative estimate of drug-likeness (QED) is 0.0488. The molecule has 21 N–H and O–H groups in total. The van der Waals surface area contributed by atoms with Gasteiger partial charge in [0.25, 0.3) is 5.91 Å². The summed E-state index contributed by atoms with van der Waals surface area (Å²) >= 11 is 13.8. The Kier molecular flexibility index (Phi) is 28.0. The molecule has 8 heterocycles. The molecule has 18 atom stereocenters. The van der Waals surface area contributed by atoms with Gasteiger partial charge in [0.05, 0.1) is 41.3 Å². The molecular weight excluding hydrogens is 1700 g/mol. The molecule has 6 aromatic carbocycles. The van der Waals surface area contributed by atoms with Gasteiger partial charge in [-0.15, -0.1) is 0 Å². The van der Waals surface area contributed by atoms with Crippen LogP contribution in [-0.4, -0.2) is 218 Å². The number of likely N-dealkylation sites (N-methyl/N-ethyl adjacent to an activating group) is 1. The largest absolute Gasteiger partial charge is 0.508 e. The molecule has 38 nitrogen and oxygen atoms in total. The molecule has 0 spiro atoms. The van der Waals surface area contributed by atoms with Crippen molar-refractivity contribution < 1.29 is 136 Å². The van der Waals surface area contributed by atoms with E-state index in [-0.39, 0.29) is 59.3 Å². The molecule has 662 valence electrons. The number of carboxylic acids is 1. The second-order valence-electron chi connectivity index (χ2n) is 30.4. The molecule has 8 amide bonds. The minimum absolute atomic E-state index is 0.119. The smallest absolute Gasteiger partial charge is 0.446 e. The molecule has 0 radical (unpaired) electrons. The first-order valence-corrected chi connectivity index (χ1v) is 39.8. The van der Waals surface area contributed by atoms with E-state index < -0.39 is 282 Å². The number of aromatic hydroxyl groups is 3. The van der Waals surface area contributed by atoms with Crippen molar-refractivity contribution in [1.82, 2.24) is 52.1 Å². The highest BCUT2D eigenvalue weighted by Crippen LogP contribution is 2.50.